The number of likely N-dealkylation sites (tertiary alicyclic amines) is 1. The van der Waals surface area contributed by atoms with Gasteiger partial charge >= 0.3 is 0 Å². The van der Waals surface area contributed by atoms with Gasteiger partial charge in [-0.15, -0.1) is 0 Å². The lowest BCUT2D eigenvalue weighted by molar-refractivity contribution is -0.128. The lowest BCUT2D eigenvalue weighted by Crippen LogP contribution is -2.48. The Morgan fingerprint density at radius 1 is 1.32 bits per heavy atom. The molecule has 0 radical (unpaired) electrons. The summed E-state index contributed by atoms with van der Waals surface area (Å²) in [7, 11) is 0. The van der Waals surface area contributed by atoms with Crippen molar-refractivity contribution in [1.29, 1.82) is 0 Å². The maximum Gasteiger partial charge on any atom is 0.224 e. The molecule has 3 nitrogen and oxygen atoms in total. The molecule has 1 amide bonds. The monoisotopic (exact) mass is 342 g/mol. The molecule has 22 heavy (non-hydrogen) atoms. The molecule has 1 aromatic rings. The molecule has 1 aliphatic heterocycles. The van der Waals surface area contributed by atoms with Crippen LogP contribution in [0.5, 0.6) is 0 Å². The van der Waals surface area contributed by atoms with E-state index in [1.807, 2.05) is 39.0 Å². The minimum Gasteiger partial charge on any atom is -0.351 e. The number of rotatable bonds is 3. The standard InChI is InChI=1S/C17H24Cl2N2O/c1-17(2,3)20-16(22)13-5-4-8-21(11-13)10-12-6-7-14(18)15(19)9-12/h6-7,9,13H,4-5,8,10-11H2,1-3H3,(H,20,22). The number of hydrogen-bond acceptors (Lipinski definition) is 2. The van der Waals surface area contributed by atoms with Crippen LogP contribution in [0.4, 0.5) is 0 Å². The van der Waals surface area contributed by atoms with Crippen LogP contribution in [0.15, 0.2) is 18.2 Å². The highest BCUT2D eigenvalue weighted by atomic mass is 35.5. The van der Waals surface area contributed by atoms with Gasteiger partial charge in [0.05, 0.1) is 16.0 Å². The van der Waals surface area contributed by atoms with Gasteiger partial charge in [0.1, 0.15) is 0 Å². The van der Waals surface area contributed by atoms with Crippen LogP contribution in [0.3, 0.4) is 0 Å². The summed E-state index contributed by atoms with van der Waals surface area (Å²) in [5.41, 5.74) is 0.953. The fourth-order valence-corrected chi connectivity index (χ4v) is 3.10. The summed E-state index contributed by atoms with van der Waals surface area (Å²) in [6.45, 7) is 8.65. The molecule has 0 saturated carbocycles. The fourth-order valence-electron chi connectivity index (χ4n) is 2.78. The molecule has 122 valence electrons. The number of amides is 1. The van der Waals surface area contributed by atoms with Crippen LogP contribution in [0.2, 0.25) is 10.0 Å². The van der Waals surface area contributed by atoms with Crippen molar-refractivity contribution in [1.82, 2.24) is 10.2 Å². The van der Waals surface area contributed by atoms with Crippen LogP contribution in [0.25, 0.3) is 0 Å². The topological polar surface area (TPSA) is 32.3 Å². The maximum atomic E-state index is 12.3. The van der Waals surface area contributed by atoms with E-state index < -0.39 is 0 Å². The molecular weight excluding hydrogens is 319 g/mol. The Labute approximate surface area is 143 Å². The first-order valence-corrected chi connectivity index (χ1v) is 8.48. The zero-order valence-corrected chi connectivity index (χ0v) is 15.0. The molecule has 0 aliphatic carbocycles. The Morgan fingerprint density at radius 3 is 2.68 bits per heavy atom. The number of carbonyl (C=O) groups excluding carboxylic acids is 1. The van der Waals surface area contributed by atoms with E-state index in [-0.39, 0.29) is 17.4 Å². The first kappa shape index (κ1) is 17.6. The summed E-state index contributed by atoms with van der Waals surface area (Å²) >= 11 is 12.0. The lowest BCUT2D eigenvalue weighted by atomic mass is 9.95. The summed E-state index contributed by atoms with van der Waals surface area (Å²) in [4.78, 5) is 14.6. The average Bonchev–Trinajstić information content (AvgIpc) is 2.41. The number of nitrogens with one attached hydrogen (secondary N) is 1. The van der Waals surface area contributed by atoms with E-state index in [2.05, 4.69) is 10.2 Å². The van der Waals surface area contributed by atoms with Gasteiger partial charge in [-0.1, -0.05) is 29.3 Å². The second-order valence-electron chi connectivity index (χ2n) is 7.06. The third kappa shape index (κ3) is 5.15. The molecule has 2 rings (SSSR count). The summed E-state index contributed by atoms with van der Waals surface area (Å²) in [5.74, 6) is 0.224. The van der Waals surface area contributed by atoms with Crippen LogP contribution < -0.4 is 5.32 Å². The zero-order valence-electron chi connectivity index (χ0n) is 13.5. The molecular formula is C17H24Cl2N2O. The Bertz CT molecular complexity index is 540. The van der Waals surface area contributed by atoms with Crippen molar-refractivity contribution in [3.63, 3.8) is 0 Å². The molecule has 1 heterocycles. The van der Waals surface area contributed by atoms with Crippen molar-refractivity contribution in [2.45, 2.75) is 45.7 Å². The van der Waals surface area contributed by atoms with Crippen molar-refractivity contribution in [3.05, 3.63) is 33.8 Å². The van der Waals surface area contributed by atoms with Gasteiger partial charge in [0.15, 0.2) is 0 Å². The Hall–Kier alpha value is -0.770. The smallest absolute Gasteiger partial charge is 0.224 e. The van der Waals surface area contributed by atoms with E-state index in [1.54, 1.807) is 0 Å². The molecule has 0 bridgehead atoms. The number of halogens is 2. The van der Waals surface area contributed by atoms with Crippen LogP contribution >= 0.6 is 23.2 Å². The fraction of sp³-hybridized carbons (Fsp3) is 0.588. The second-order valence-corrected chi connectivity index (χ2v) is 7.88. The van der Waals surface area contributed by atoms with E-state index in [0.29, 0.717) is 10.0 Å². The zero-order chi connectivity index (χ0) is 16.3. The SMILES string of the molecule is CC(C)(C)NC(=O)C1CCCN(Cc2ccc(Cl)c(Cl)c2)C1. The van der Waals surface area contributed by atoms with Gasteiger partial charge in [-0.05, 0) is 57.9 Å². The number of nitrogens with zero attached hydrogens (tertiary/aromatic N) is 1. The minimum absolute atomic E-state index is 0.0655. The van der Waals surface area contributed by atoms with E-state index in [0.717, 1.165) is 38.0 Å². The lowest BCUT2D eigenvalue weighted by Gasteiger charge is -2.33. The number of carbonyl (C=O) groups is 1. The molecule has 1 fully saturated rings. The van der Waals surface area contributed by atoms with Crippen molar-refractivity contribution < 1.29 is 4.79 Å². The Kier molecular flexibility index (Phi) is 5.76. The third-order valence-corrected chi connectivity index (χ3v) is 4.50. The van der Waals surface area contributed by atoms with Gasteiger partial charge in [-0.25, -0.2) is 0 Å². The molecule has 1 aromatic carbocycles. The van der Waals surface area contributed by atoms with Crippen LogP contribution in [-0.4, -0.2) is 29.4 Å². The quantitative estimate of drug-likeness (QED) is 0.895. The average molecular weight is 343 g/mol. The number of hydrogen-bond donors (Lipinski definition) is 1. The van der Waals surface area contributed by atoms with Gasteiger partial charge in [-0.3, -0.25) is 9.69 Å². The van der Waals surface area contributed by atoms with Crippen molar-refractivity contribution in [2.24, 2.45) is 5.92 Å². The predicted octanol–water partition coefficient (Wildman–Crippen LogP) is 4.12. The first-order chi connectivity index (χ1) is 10.2. The second kappa shape index (κ2) is 7.20. The van der Waals surface area contributed by atoms with E-state index in [9.17, 15) is 4.79 Å². The molecule has 1 atom stereocenters. The number of benzene rings is 1. The largest absolute Gasteiger partial charge is 0.351 e. The van der Waals surface area contributed by atoms with Crippen LogP contribution in [-0.2, 0) is 11.3 Å². The van der Waals surface area contributed by atoms with Crippen LogP contribution in [0.1, 0.15) is 39.2 Å². The normalized spacial score (nSPS) is 20.0. The number of piperidine rings is 1. The van der Waals surface area contributed by atoms with Gasteiger partial charge in [0.25, 0.3) is 0 Å². The van der Waals surface area contributed by atoms with Crippen molar-refractivity contribution in [3.8, 4) is 0 Å². The maximum absolute atomic E-state index is 12.3. The van der Waals surface area contributed by atoms with Gasteiger partial charge in [0.2, 0.25) is 5.91 Å². The molecule has 1 saturated heterocycles. The summed E-state index contributed by atoms with van der Waals surface area (Å²) in [5, 5.41) is 4.24. The highest BCUT2D eigenvalue weighted by molar-refractivity contribution is 6.42. The Balaban J connectivity index is 1.95. The van der Waals surface area contributed by atoms with Crippen LogP contribution in [0, 0.1) is 5.92 Å². The molecule has 0 spiro atoms. The highest BCUT2D eigenvalue weighted by Gasteiger charge is 2.27. The molecule has 0 aromatic heterocycles. The first-order valence-electron chi connectivity index (χ1n) is 7.73. The van der Waals surface area contributed by atoms with Gasteiger partial charge in [-0.2, -0.15) is 0 Å². The van der Waals surface area contributed by atoms with E-state index >= 15 is 0 Å². The van der Waals surface area contributed by atoms with Crippen molar-refractivity contribution in [2.75, 3.05) is 13.1 Å². The molecule has 5 heteroatoms. The van der Waals surface area contributed by atoms with Gasteiger partial charge in [0, 0.05) is 18.6 Å². The predicted molar refractivity (Wildman–Crippen MR) is 92.4 cm³/mol. The summed E-state index contributed by atoms with van der Waals surface area (Å²) in [6, 6.07) is 5.72. The molecule has 1 aliphatic rings. The third-order valence-electron chi connectivity index (χ3n) is 3.76. The minimum atomic E-state index is -0.178. The molecule has 1 N–H and O–H groups in total. The van der Waals surface area contributed by atoms with E-state index in [4.69, 9.17) is 23.2 Å². The molecule has 1 unspecified atom stereocenters. The van der Waals surface area contributed by atoms with E-state index in [1.165, 1.54) is 0 Å². The highest BCUT2D eigenvalue weighted by Crippen LogP contribution is 2.25. The summed E-state index contributed by atoms with van der Waals surface area (Å²) < 4.78 is 0. The van der Waals surface area contributed by atoms with Gasteiger partial charge < -0.3 is 5.32 Å². The summed E-state index contributed by atoms with van der Waals surface area (Å²) in [6.07, 6.45) is 2.00. The Morgan fingerprint density at radius 2 is 2.05 bits per heavy atom. The van der Waals surface area contributed by atoms with Crippen molar-refractivity contribution >= 4 is 29.1 Å².